The van der Waals surface area contributed by atoms with Crippen molar-refractivity contribution in [3.8, 4) is 0 Å². The molecule has 0 radical (unpaired) electrons. The molecule has 1 aromatic heterocycles. The fourth-order valence-electron chi connectivity index (χ4n) is 2.19. The molecule has 1 heterocycles. The minimum absolute atomic E-state index is 0.109. The summed E-state index contributed by atoms with van der Waals surface area (Å²) in [6.07, 6.45) is 4.12. The largest absolute Gasteiger partial charge is 0.329 e. The molecule has 0 unspecified atom stereocenters. The molecule has 92 valence electrons. The van der Waals surface area contributed by atoms with Gasteiger partial charge in [0.25, 0.3) is 0 Å². The molecular formula is C12H24N4. The van der Waals surface area contributed by atoms with Gasteiger partial charge < -0.3 is 5.73 Å². The van der Waals surface area contributed by atoms with Crippen molar-refractivity contribution in [2.24, 2.45) is 12.8 Å². The molecule has 0 aliphatic rings. The third-order valence-corrected chi connectivity index (χ3v) is 3.67. The molecule has 16 heavy (non-hydrogen) atoms. The highest BCUT2D eigenvalue weighted by molar-refractivity contribution is 5.00. The summed E-state index contributed by atoms with van der Waals surface area (Å²) in [6.45, 7) is 5.96. The van der Waals surface area contributed by atoms with Crippen LogP contribution in [0.1, 0.15) is 32.4 Å². The number of aromatic nitrogens is 2. The molecule has 0 aromatic carbocycles. The summed E-state index contributed by atoms with van der Waals surface area (Å²) in [7, 11) is 4.08. The van der Waals surface area contributed by atoms with Crippen molar-refractivity contribution < 1.29 is 0 Å². The Morgan fingerprint density at radius 3 is 2.44 bits per heavy atom. The van der Waals surface area contributed by atoms with Gasteiger partial charge in [-0.3, -0.25) is 9.58 Å². The average Bonchev–Trinajstić information content (AvgIpc) is 2.67. The molecule has 4 nitrogen and oxygen atoms in total. The van der Waals surface area contributed by atoms with Crippen molar-refractivity contribution >= 4 is 0 Å². The smallest absolute Gasteiger partial charge is 0.0764 e. The number of nitrogens with two attached hydrogens (primary N) is 1. The second-order valence-electron chi connectivity index (χ2n) is 4.47. The first-order valence-electron chi connectivity index (χ1n) is 5.97. The summed E-state index contributed by atoms with van der Waals surface area (Å²) in [5, 5.41) is 4.40. The van der Waals surface area contributed by atoms with E-state index in [1.807, 2.05) is 17.9 Å². The van der Waals surface area contributed by atoms with Gasteiger partial charge in [0.05, 0.1) is 5.69 Å². The Morgan fingerprint density at radius 2 is 2.06 bits per heavy atom. The Bertz CT molecular complexity index is 306. The fourth-order valence-corrected chi connectivity index (χ4v) is 2.19. The summed E-state index contributed by atoms with van der Waals surface area (Å²) < 4.78 is 1.84. The third kappa shape index (κ3) is 2.62. The van der Waals surface area contributed by atoms with E-state index < -0.39 is 0 Å². The molecule has 1 aromatic rings. The zero-order valence-corrected chi connectivity index (χ0v) is 10.9. The van der Waals surface area contributed by atoms with Gasteiger partial charge in [-0.25, -0.2) is 0 Å². The van der Waals surface area contributed by atoms with Crippen LogP contribution in [0.4, 0.5) is 0 Å². The molecule has 2 N–H and O–H groups in total. The molecular weight excluding hydrogens is 200 g/mol. The van der Waals surface area contributed by atoms with E-state index in [0.717, 1.165) is 25.1 Å². The van der Waals surface area contributed by atoms with Gasteiger partial charge in [0.15, 0.2) is 0 Å². The molecule has 0 bridgehead atoms. The number of aryl methyl sites for hydroxylation is 1. The maximum Gasteiger partial charge on any atom is 0.0764 e. The van der Waals surface area contributed by atoms with Crippen LogP contribution in [0.25, 0.3) is 0 Å². The van der Waals surface area contributed by atoms with Crippen molar-refractivity contribution in [3.05, 3.63) is 18.0 Å². The summed E-state index contributed by atoms with van der Waals surface area (Å²) >= 11 is 0. The standard InChI is InChI=1S/C12H24N4/c1-5-12(6-2,10-13)15(3)9-11-7-8-16(4)14-11/h7-8H,5-6,9-10,13H2,1-4H3. The molecule has 0 aliphatic heterocycles. The highest BCUT2D eigenvalue weighted by Gasteiger charge is 2.29. The molecule has 0 aliphatic carbocycles. The van der Waals surface area contributed by atoms with Crippen LogP contribution in [0.3, 0.4) is 0 Å². The predicted octanol–water partition coefficient (Wildman–Crippen LogP) is 1.37. The van der Waals surface area contributed by atoms with Crippen LogP contribution < -0.4 is 5.73 Å². The summed E-state index contributed by atoms with van der Waals surface area (Å²) in [4.78, 5) is 2.33. The maximum absolute atomic E-state index is 5.92. The summed E-state index contributed by atoms with van der Waals surface area (Å²) in [6, 6.07) is 2.06. The SMILES string of the molecule is CCC(CC)(CN)N(C)Cc1ccn(C)n1. The normalized spacial score (nSPS) is 12.4. The number of likely N-dealkylation sites (N-methyl/N-ethyl adjacent to an activating group) is 1. The lowest BCUT2D eigenvalue weighted by molar-refractivity contribution is 0.106. The molecule has 0 atom stereocenters. The predicted molar refractivity (Wildman–Crippen MR) is 67.0 cm³/mol. The molecule has 0 saturated carbocycles. The van der Waals surface area contributed by atoms with Gasteiger partial charge in [0.2, 0.25) is 0 Å². The zero-order valence-electron chi connectivity index (χ0n) is 10.9. The van der Waals surface area contributed by atoms with Crippen LogP contribution in [0.5, 0.6) is 0 Å². The minimum Gasteiger partial charge on any atom is -0.329 e. The van der Waals surface area contributed by atoms with Gasteiger partial charge in [-0.15, -0.1) is 0 Å². The van der Waals surface area contributed by atoms with Crippen molar-refractivity contribution in [2.75, 3.05) is 13.6 Å². The first-order chi connectivity index (χ1) is 7.57. The maximum atomic E-state index is 5.92. The van der Waals surface area contributed by atoms with Crippen LogP contribution >= 0.6 is 0 Å². The van der Waals surface area contributed by atoms with Gasteiger partial charge in [-0.1, -0.05) is 13.8 Å². The fraction of sp³-hybridized carbons (Fsp3) is 0.750. The van der Waals surface area contributed by atoms with E-state index in [9.17, 15) is 0 Å². The van der Waals surface area contributed by atoms with Crippen molar-refractivity contribution in [2.45, 2.75) is 38.8 Å². The van der Waals surface area contributed by atoms with E-state index in [1.54, 1.807) is 0 Å². The number of hydrogen-bond donors (Lipinski definition) is 1. The monoisotopic (exact) mass is 224 g/mol. The van der Waals surface area contributed by atoms with Crippen molar-refractivity contribution in [3.63, 3.8) is 0 Å². The van der Waals surface area contributed by atoms with Gasteiger partial charge in [-0.05, 0) is 26.0 Å². The van der Waals surface area contributed by atoms with E-state index in [4.69, 9.17) is 5.73 Å². The van der Waals surface area contributed by atoms with E-state index in [-0.39, 0.29) is 5.54 Å². The second kappa shape index (κ2) is 5.46. The summed E-state index contributed by atoms with van der Waals surface area (Å²) in [5.74, 6) is 0. The van der Waals surface area contributed by atoms with E-state index >= 15 is 0 Å². The number of rotatable bonds is 6. The average molecular weight is 224 g/mol. The first kappa shape index (κ1) is 13.2. The molecule has 0 spiro atoms. The highest BCUT2D eigenvalue weighted by atomic mass is 15.3. The molecule has 0 saturated heterocycles. The second-order valence-corrected chi connectivity index (χ2v) is 4.47. The Balaban J connectivity index is 2.72. The molecule has 0 amide bonds. The van der Waals surface area contributed by atoms with Crippen LogP contribution in [0.2, 0.25) is 0 Å². The van der Waals surface area contributed by atoms with Crippen LogP contribution in [-0.4, -0.2) is 33.8 Å². The van der Waals surface area contributed by atoms with Gasteiger partial charge in [-0.2, -0.15) is 5.10 Å². The highest BCUT2D eigenvalue weighted by Crippen LogP contribution is 2.22. The zero-order chi connectivity index (χ0) is 12.2. The topological polar surface area (TPSA) is 47.1 Å². The van der Waals surface area contributed by atoms with E-state index in [1.165, 1.54) is 0 Å². The Kier molecular flexibility index (Phi) is 4.50. The Labute approximate surface area is 98.4 Å². The van der Waals surface area contributed by atoms with Crippen molar-refractivity contribution in [1.82, 2.24) is 14.7 Å². The molecule has 4 heteroatoms. The molecule has 0 fully saturated rings. The number of hydrogen-bond acceptors (Lipinski definition) is 3. The Hall–Kier alpha value is -0.870. The summed E-state index contributed by atoms with van der Waals surface area (Å²) in [5.41, 5.74) is 7.13. The quantitative estimate of drug-likeness (QED) is 0.794. The Morgan fingerprint density at radius 1 is 1.44 bits per heavy atom. The first-order valence-corrected chi connectivity index (χ1v) is 5.97. The lowest BCUT2D eigenvalue weighted by Crippen LogP contribution is -2.50. The van der Waals surface area contributed by atoms with E-state index in [0.29, 0.717) is 6.54 Å². The van der Waals surface area contributed by atoms with Crippen molar-refractivity contribution in [1.29, 1.82) is 0 Å². The lowest BCUT2D eigenvalue weighted by Gasteiger charge is -2.39. The van der Waals surface area contributed by atoms with Crippen LogP contribution in [0, 0.1) is 0 Å². The van der Waals surface area contributed by atoms with Gasteiger partial charge >= 0.3 is 0 Å². The van der Waals surface area contributed by atoms with Gasteiger partial charge in [0, 0.05) is 31.9 Å². The number of nitrogens with zero attached hydrogens (tertiary/aromatic N) is 3. The van der Waals surface area contributed by atoms with Crippen LogP contribution in [-0.2, 0) is 13.6 Å². The van der Waals surface area contributed by atoms with Crippen LogP contribution in [0.15, 0.2) is 12.3 Å². The third-order valence-electron chi connectivity index (χ3n) is 3.67. The molecule has 1 rings (SSSR count). The van der Waals surface area contributed by atoms with Gasteiger partial charge in [0.1, 0.15) is 0 Å². The lowest BCUT2D eigenvalue weighted by atomic mass is 9.91. The van der Waals surface area contributed by atoms with E-state index in [2.05, 4.69) is 37.0 Å². The minimum atomic E-state index is 0.109.